The second-order valence-corrected chi connectivity index (χ2v) is 6.72. The maximum absolute atomic E-state index is 12.2. The monoisotopic (exact) mass is 291 g/mol. The number of nitrogens with zero attached hydrogens (tertiary/aromatic N) is 2. The lowest BCUT2D eigenvalue weighted by Gasteiger charge is -2.23. The first kappa shape index (κ1) is 15.5. The molecule has 1 heterocycles. The Bertz CT molecular complexity index is 520. The van der Waals surface area contributed by atoms with Gasteiger partial charge in [-0.1, -0.05) is 12.8 Å². The number of nitrogens with one attached hydrogen (secondary N) is 3. The predicted octanol–water partition coefficient (Wildman–Crippen LogP) is 2.59. The van der Waals surface area contributed by atoms with Gasteiger partial charge in [-0.25, -0.2) is 0 Å². The predicted molar refractivity (Wildman–Crippen MR) is 84.2 cm³/mol. The number of amides is 1. The van der Waals surface area contributed by atoms with Gasteiger partial charge in [0.25, 0.3) is 5.91 Å². The highest BCUT2D eigenvalue weighted by atomic mass is 16.1. The Hall–Kier alpha value is -1.85. The molecule has 21 heavy (non-hydrogen) atoms. The van der Waals surface area contributed by atoms with Crippen molar-refractivity contribution < 1.29 is 4.79 Å². The number of anilines is 1. The Morgan fingerprint density at radius 1 is 1.38 bits per heavy atom. The van der Waals surface area contributed by atoms with Gasteiger partial charge in [-0.2, -0.15) is 10.1 Å². The Morgan fingerprint density at radius 3 is 2.57 bits per heavy atom. The first-order valence-corrected chi connectivity index (χ1v) is 7.53. The van der Waals surface area contributed by atoms with Crippen LogP contribution in [0.4, 0.5) is 5.82 Å². The van der Waals surface area contributed by atoms with E-state index in [1.54, 1.807) is 0 Å². The number of aryl methyl sites for hydroxylation is 1. The number of aromatic amines is 1. The molecule has 0 saturated heterocycles. The molecule has 0 aromatic carbocycles. The molecule has 0 radical (unpaired) electrons. The lowest BCUT2D eigenvalue weighted by Crippen LogP contribution is -2.44. The summed E-state index contributed by atoms with van der Waals surface area (Å²) in [5.74, 6) is 1.15. The Morgan fingerprint density at radius 2 is 2.05 bits per heavy atom. The SMILES string of the molecule is Cc1cc(N/C(=N\C(=O)C2CCCC2)NC(C)(C)C)n[nH]1. The van der Waals surface area contributed by atoms with Crippen LogP contribution >= 0.6 is 0 Å². The van der Waals surface area contributed by atoms with Gasteiger partial charge in [0.05, 0.1) is 0 Å². The van der Waals surface area contributed by atoms with Crippen LogP contribution < -0.4 is 10.6 Å². The van der Waals surface area contributed by atoms with Gasteiger partial charge in [0.2, 0.25) is 5.96 Å². The molecule has 3 N–H and O–H groups in total. The van der Waals surface area contributed by atoms with Crippen molar-refractivity contribution >= 4 is 17.7 Å². The summed E-state index contributed by atoms with van der Waals surface area (Å²) < 4.78 is 0. The first-order valence-electron chi connectivity index (χ1n) is 7.53. The molecule has 0 unspecified atom stereocenters. The maximum Gasteiger partial charge on any atom is 0.251 e. The van der Waals surface area contributed by atoms with Gasteiger partial charge in [-0.15, -0.1) is 0 Å². The minimum atomic E-state index is -0.187. The van der Waals surface area contributed by atoms with E-state index in [-0.39, 0.29) is 17.4 Å². The van der Waals surface area contributed by atoms with Crippen LogP contribution in [0, 0.1) is 12.8 Å². The van der Waals surface area contributed by atoms with Gasteiger partial charge in [0.15, 0.2) is 5.82 Å². The molecule has 6 heteroatoms. The summed E-state index contributed by atoms with van der Waals surface area (Å²) in [5, 5.41) is 13.3. The van der Waals surface area contributed by atoms with E-state index in [1.807, 2.05) is 33.8 Å². The van der Waals surface area contributed by atoms with Crippen molar-refractivity contribution in [1.29, 1.82) is 0 Å². The van der Waals surface area contributed by atoms with Gasteiger partial charge >= 0.3 is 0 Å². The fraction of sp³-hybridized carbons (Fsp3) is 0.667. The minimum absolute atomic E-state index is 0.0426. The quantitative estimate of drug-likeness (QED) is 0.578. The third-order valence-corrected chi connectivity index (χ3v) is 3.37. The molecule has 6 nitrogen and oxygen atoms in total. The smallest absolute Gasteiger partial charge is 0.251 e. The normalized spacial score (nSPS) is 17.0. The van der Waals surface area contributed by atoms with Crippen LogP contribution in [-0.2, 0) is 4.79 Å². The minimum Gasteiger partial charge on any atom is -0.351 e. The van der Waals surface area contributed by atoms with E-state index in [0.717, 1.165) is 31.4 Å². The zero-order valence-corrected chi connectivity index (χ0v) is 13.3. The molecule has 2 rings (SSSR count). The van der Waals surface area contributed by atoms with E-state index in [0.29, 0.717) is 11.8 Å². The molecule has 1 aliphatic rings. The zero-order valence-electron chi connectivity index (χ0n) is 13.3. The van der Waals surface area contributed by atoms with Gasteiger partial charge < -0.3 is 10.6 Å². The maximum atomic E-state index is 12.2. The van der Waals surface area contributed by atoms with Crippen LogP contribution in [0.3, 0.4) is 0 Å². The summed E-state index contributed by atoms with van der Waals surface area (Å²) in [6, 6.07) is 1.87. The van der Waals surface area contributed by atoms with Crippen molar-refractivity contribution in [2.75, 3.05) is 5.32 Å². The zero-order chi connectivity index (χ0) is 15.5. The van der Waals surface area contributed by atoms with Crippen molar-refractivity contribution in [3.63, 3.8) is 0 Å². The Balaban J connectivity index is 2.12. The highest BCUT2D eigenvalue weighted by molar-refractivity contribution is 6.01. The molecule has 0 bridgehead atoms. The third-order valence-electron chi connectivity index (χ3n) is 3.37. The molecular formula is C15H25N5O. The molecule has 0 spiro atoms. The first-order chi connectivity index (χ1) is 9.83. The number of aromatic nitrogens is 2. The lowest BCUT2D eigenvalue weighted by atomic mass is 10.1. The number of rotatable bonds is 2. The van der Waals surface area contributed by atoms with Gasteiger partial charge in [0.1, 0.15) is 0 Å². The largest absolute Gasteiger partial charge is 0.351 e. The van der Waals surface area contributed by atoms with Crippen LogP contribution in [0.2, 0.25) is 0 Å². The number of hydrogen-bond acceptors (Lipinski definition) is 2. The Labute approximate surface area is 125 Å². The second-order valence-electron chi connectivity index (χ2n) is 6.72. The van der Waals surface area contributed by atoms with E-state index in [9.17, 15) is 4.79 Å². The van der Waals surface area contributed by atoms with Crippen LogP contribution in [0.5, 0.6) is 0 Å². The van der Waals surface area contributed by atoms with E-state index < -0.39 is 0 Å². The third kappa shape index (κ3) is 4.88. The number of carbonyl (C=O) groups excluding carboxylic acids is 1. The van der Waals surface area contributed by atoms with Crippen LogP contribution in [0.25, 0.3) is 0 Å². The second kappa shape index (κ2) is 6.28. The summed E-state index contributed by atoms with van der Waals surface area (Å²) in [6.45, 7) is 8.01. The summed E-state index contributed by atoms with van der Waals surface area (Å²) in [7, 11) is 0. The average molecular weight is 291 g/mol. The van der Waals surface area contributed by atoms with Crippen molar-refractivity contribution in [2.24, 2.45) is 10.9 Å². The average Bonchev–Trinajstić information content (AvgIpc) is 2.98. The summed E-state index contributed by atoms with van der Waals surface area (Å²) in [4.78, 5) is 16.5. The van der Waals surface area contributed by atoms with E-state index in [4.69, 9.17) is 0 Å². The van der Waals surface area contributed by atoms with Crippen molar-refractivity contribution in [3.05, 3.63) is 11.8 Å². The highest BCUT2D eigenvalue weighted by Gasteiger charge is 2.23. The fourth-order valence-electron chi connectivity index (χ4n) is 2.42. The van der Waals surface area contributed by atoms with Crippen LogP contribution in [0.15, 0.2) is 11.1 Å². The van der Waals surface area contributed by atoms with Crippen molar-refractivity contribution in [3.8, 4) is 0 Å². The molecule has 1 fully saturated rings. The number of carbonyl (C=O) groups is 1. The molecule has 0 aliphatic heterocycles. The van der Waals surface area contributed by atoms with Crippen LogP contribution in [-0.4, -0.2) is 27.6 Å². The van der Waals surface area contributed by atoms with Crippen molar-refractivity contribution in [1.82, 2.24) is 15.5 Å². The van der Waals surface area contributed by atoms with Gasteiger partial charge in [-0.05, 0) is 40.5 Å². The van der Waals surface area contributed by atoms with Gasteiger partial charge in [0, 0.05) is 23.2 Å². The molecular weight excluding hydrogens is 266 g/mol. The highest BCUT2D eigenvalue weighted by Crippen LogP contribution is 2.25. The molecule has 1 aromatic rings. The Kier molecular flexibility index (Phi) is 4.65. The van der Waals surface area contributed by atoms with Crippen LogP contribution in [0.1, 0.15) is 52.1 Å². The number of aliphatic imine (C=N–C) groups is 1. The summed E-state index contributed by atoms with van der Waals surface area (Å²) >= 11 is 0. The molecule has 1 aromatic heterocycles. The number of H-pyrrole nitrogens is 1. The topological polar surface area (TPSA) is 82.2 Å². The van der Waals surface area contributed by atoms with Gasteiger partial charge in [-0.3, -0.25) is 9.89 Å². The van der Waals surface area contributed by atoms with E-state index in [2.05, 4.69) is 25.8 Å². The summed E-state index contributed by atoms with van der Waals surface area (Å²) in [5.41, 5.74) is 0.766. The number of hydrogen-bond donors (Lipinski definition) is 3. The van der Waals surface area contributed by atoms with E-state index >= 15 is 0 Å². The summed E-state index contributed by atoms with van der Waals surface area (Å²) in [6.07, 6.45) is 4.15. The fourth-order valence-corrected chi connectivity index (χ4v) is 2.42. The number of guanidine groups is 1. The standard InChI is InChI=1S/C15H25N5O/c1-10-9-12(20-19-10)16-14(18-15(2,3)4)17-13(21)11-7-5-6-8-11/h9,11H,5-8H2,1-4H3,(H3,16,17,18,19,20,21). The van der Waals surface area contributed by atoms with E-state index in [1.165, 1.54) is 0 Å². The molecule has 0 atom stereocenters. The molecule has 1 saturated carbocycles. The lowest BCUT2D eigenvalue weighted by molar-refractivity contribution is -0.121. The molecule has 116 valence electrons. The molecule has 1 amide bonds. The van der Waals surface area contributed by atoms with Crippen molar-refractivity contribution in [2.45, 2.75) is 58.9 Å². The molecule has 1 aliphatic carbocycles.